The van der Waals surface area contributed by atoms with Gasteiger partial charge in [-0.15, -0.1) is 0 Å². The molecule has 0 unspecified atom stereocenters. The zero-order chi connectivity index (χ0) is 19.5. The molecule has 2 aromatic rings. The van der Waals surface area contributed by atoms with Gasteiger partial charge in [0.1, 0.15) is 0 Å². The predicted molar refractivity (Wildman–Crippen MR) is 112 cm³/mol. The molecule has 1 heterocycles. The fourth-order valence-electron chi connectivity index (χ4n) is 4.30. The zero-order valence-corrected chi connectivity index (χ0v) is 16.3. The Labute approximate surface area is 166 Å². The number of fused-ring (bicyclic) bond motifs is 1. The number of carbonyl (C=O) groups excluding carboxylic acids is 2. The van der Waals surface area contributed by atoms with Crippen molar-refractivity contribution in [2.45, 2.75) is 45.1 Å². The Hall–Kier alpha value is -2.82. The van der Waals surface area contributed by atoms with Gasteiger partial charge in [0.25, 0.3) is 0 Å². The number of rotatable bonds is 5. The molecule has 5 heteroatoms. The standard InChI is InChI=1S/C23H27N3O2/c1-16-14-18(11-12-21(16)26-13-5-10-23(26)28)24-15-22(27)25-20-9-4-7-17-6-2-3-8-19(17)20/h2-3,6,8,11-12,14,20,24H,4-5,7,9-10,13,15H2,1H3,(H,25,27)/t20-/m1/s1. The largest absolute Gasteiger partial charge is 0.376 e. The van der Waals surface area contributed by atoms with E-state index in [4.69, 9.17) is 0 Å². The second-order valence-corrected chi connectivity index (χ2v) is 7.71. The Kier molecular flexibility index (Phi) is 5.33. The molecule has 28 heavy (non-hydrogen) atoms. The van der Waals surface area contributed by atoms with Crippen molar-refractivity contribution in [2.75, 3.05) is 23.3 Å². The quantitative estimate of drug-likeness (QED) is 0.835. The molecule has 1 fully saturated rings. The van der Waals surface area contributed by atoms with E-state index in [1.165, 1.54) is 11.1 Å². The molecule has 0 aromatic heterocycles. The lowest BCUT2D eigenvalue weighted by Crippen LogP contribution is -2.35. The monoisotopic (exact) mass is 377 g/mol. The maximum atomic E-state index is 12.5. The van der Waals surface area contributed by atoms with Crippen molar-refractivity contribution in [1.82, 2.24) is 5.32 Å². The third kappa shape index (κ3) is 3.88. The first-order chi connectivity index (χ1) is 13.6. The smallest absolute Gasteiger partial charge is 0.239 e. The molecule has 4 rings (SSSR count). The Morgan fingerprint density at radius 2 is 2.00 bits per heavy atom. The normalized spacial score (nSPS) is 18.7. The molecule has 0 bridgehead atoms. The van der Waals surface area contributed by atoms with Crippen LogP contribution in [0.4, 0.5) is 11.4 Å². The third-order valence-corrected chi connectivity index (χ3v) is 5.72. The van der Waals surface area contributed by atoms with Crippen LogP contribution in [0.2, 0.25) is 0 Å². The van der Waals surface area contributed by atoms with Crippen molar-refractivity contribution in [2.24, 2.45) is 0 Å². The molecule has 0 saturated carbocycles. The molecule has 1 aliphatic carbocycles. The van der Waals surface area contributed by atoms with Crippen LogP contribution in [0, 0.1) is 6.92 Å². The SMILES string of the molecule is Cc1cc(NCC(=O)N[C@@H]2CCCc3ccccc32)ccc1N1CCCC1=O. The Balaban J connectivity index is 1.35. The number of hydrogen-bond donors (Lipinski definition) is 2. The predicted octanol–water partition coefficient (Wildman–Crippen LogP) is 3.73. The molecule has 1 saturated heterocycles. The van der Waals surface area contributed by atoms with Gasteiger partial charge in [0.2, 0.25) is 11.8 Å². The lowest BCUT2D eigenvalue weighted by Gasteiger charge is -2.26. The van der Waals surface area contributed by atoms with Crippen LogP contribution in [-0.4, -0.2) is 24.9 Å². The zero-order valence-electron chi connectivity index (χ0n) is 16.3. The number of carbonyl (C=O) groups is 2. The van der Waals surface area contributed by atoms with Crippen LogP contribution in [0.5, 0.6) is 0 Å². The minimum absolute atomic E-state index is 0.00171. The van der Waals surface area contributed by atoms with Gasteiger partial charge in [0, 0.05) is 24.3 Å². The molecule has 5 nitrogen and oxygen atoms in total. The highest BCUT2D eigenvalue weighted by Gasteiger charge is 2.23. The van der Waals surface area contributed by atoms with E-state index in [-0.39, 0.29) is 24.4 Å². The summed E-state index contributed by atoms with van der Waals surface area (Å²) in [4.78, 5) is 26.3. The van der Waals surface area contributed by atoms with Crippen LogP contribution in [-0.2, 0) is 16.0 Å². The maximum Gasteiger partial charge on any atom is 0.239 e. The lowest BCUT2D eigenvalue weighted by atomic mass is 9.88. The van der Waals surface area contributed by atoms with Gasteiger partial charge >= 0.3 is 0 Å². The topological polar surface area (TPSA) is 61.4 Å². The summed E-state index contributed by atoms with van der Waals surface area (Å²) >= 11 is 0. The summed E-state index contributed by atoms with van der Waals surface area (Å²) in [6, 6.07) is 14.4. The first-order valence-corrected chi connectivity index (χ1v) is 10.1. The van der Waals surface area contributed by atoms with Crippen LogP contribution >= 0.6 is 0 Å². The van der Waals surface area contributed by atoms with E-state index in [0.29, 0.717) is 6.42 Å². The summed E-state index contributed by atoms with van der Waals surface area (Å²) in [6.07, 6.45) is 4.73. The summed E-state index contributed by atoms with van der Waals surface area (Å²) in [5, 5.41) is 6.38. The molecule has 0 spiro atoms. The second kappa shape index (κ2) is 8.05. The highest BCUT2D eigenvalue weighted by molar-refractivity contribution is 5.96. The van der Waals surface area contributed by atoms with Crippen molar-refractivity contribution < 1.29 is 9.59 Å². The van der Waals surface area contributed by atoms with Crippen molar-refractivity contribution >= 4 is 23.2 Å². The number of nitrogens with one attached hydrogen (secondary N) is 2. The van der Waals surface area contributed by atoms with Crippen LogP contribution in [0.3, 0.4) is 0 Å². The van der Waals surface area contributed by atoms with Gasteiger partial charge < -0.3 is 15.5 Å². The van der Waals surface area contributed by atoms with Crippen LogP contribution in [0.25, 0.3) is 0 Å². The number of aryl methyl sites for hydroxylation is 2. The van der Waals surface area contributed by atoms with Gasteiger partial charge in [-0.05, 0) is 67.5 Å². The van der Waals surface area contributed by atoms with Crippen molar-refractivity contribution in [1.29, 1.82) is 0 Å². The summed E-state index contributed by atoms with van der Waals surface area (Å²) in [7, 11) is 0. The summed E-state index contributed by atoms with van der Waals surface area (Å²) in [5.74, 6) is 0.189. The van der Waals surface area contributed by atoms with Crippen LogP contribution in [0.15, 0.2) is 42.5 Å². The summed E-state index contributed by atoms with van der Waals surface area (Å²) in [6.45, 7) is 3.03. The minimum Gasteiger partial charge on any atom is -0.376 e. The fourth-order valence-corrected chi connectivity index (χ4v) is 4.30. The molecule has 0 radical (unpaired) electrons. The van der Waals surface area contributed by atoms with Crippen molar-refractivity contribution in [3.63, 3.8) is 0 Å². The Morgan fingerprint density at radius 1 is 1.14 bits per heavy atom. The first kappa shape index (κ1) is 18.5. The van der Waals surface area contributed by atoms with Gasteiger partial charge in [-0.25, -0.2) is 0 Å². The van der Waals surface area contributed by atoms with Gasteiger partial charge in [-0.1, -0.05) is 24.3 Å². The number of anilines is 2. The van der Waals surface area contributed by atoms with Crippen molar-refractivity contribution in [3.8, 4) is 0 Å². The van der Waals surface area contributed by atoms with E-state index in [1.54, 1.807) is 0 Å². The summed E-state index contributed by atoms with van der Waals surface area (Å²) < 4.78 is 0. The highest BCUT2D eigenvalue weighted by Crippen LogP contribution is 2.30. The van der Waals surface area contributed by atoms with Gasteiger partial charge in [0.15, 0.2) is 0 Å². The molecule has 2 N–H and O–H groups in total. The molecule has 2 amide bonds. The molecular weight excluding hydrogens is 350 g/mol. The van der Waals surface area contributed by atoms with Crippen molar-refractivity contribution in [3.05, 3.63) is 59.2 Å². The maximum absolute atomic E-state index is 12.5. The average molecular weight is 377 g/mol. The van der Waals surface area contributed by atoms with E-state index in [0.717, 1.165) is 49.2 Å². The van der Waals surface area contributed by atoms with Gasteiger partial charge in [-0.2, -0.15) is 0 Å². The van der Waals surface area contributed by atoms with Gasteiger partial charge in [0.05, 0.1) is 12.6 Å². The third-order valence-electron chi connectivity index (χ3n) is 5.72. The molecule has 1 atom stereocenters. The fraction of sp³-hybridized carbons (Fsp3) is 0.391. The first-order valence-electron chi connectivity index (χ1n) is 10.1. The molecule has 1 aliphatic heterocycles. The molecular formula is C23H27N3O2. The average Bonchev–Trinajstić information content (AvgIpc) is 3.12. The summed E-state index contributed by atoms with van der Waals surface area (Å²) in [5.41, 5.74) is 5.50. The highest BCUT2D eigenvalue weighted by atomic mass is 16.2. The lowest BCUT2D eigenvalue weighted by molar-refractivity contribution is -0.120. The number of benzene rings is 2. The second-order valence-electron chi connectivity index (χ2n) is 7.71. The Morgan fingerprint density at radius 3 is 2.79 bits per heavy atom. The van der Waals surface area contributed by atoms with Crippen LogP contribution < -0.4 is 15.5 Å². The number of amides is 2. The van der Waals surface area contributed by atoms with E-state index in [9.17, 15) is 9.59 Å². The van der Waals surface area contributed by atoms with E-state index >= 15 is 0 Å². The minimum atomic E-state index is -0.00171. The molecule has 2 aromatic carbocycles. The number of hydrogen-bond acceptors (Lipinski definition) is 3. The number of nitrogens with zero attached hydrogens (tertiary/aromatic N) is 1. The molecule has 2 aliphatic rings. The van der Waals surface area contributed by atoms with Gasteiger partial charge in [-0.3, -0.25) is 9.59 Å². The molecule has 146 valence electrons. The van der Waals surface area contributed by atoms with E-state index in [2.05, 4.69) is 28.8 Å². The van der Waals surface area contributed by atoms with E-state index in [1.807, 2.05) is 36.1 Å². The van der Waals surface area contributed by atoms with E-state index < -0.39 is 0 Å². The van der Waals surface area contributed by atoms with Crippen LogP contribution in [0.1, 0.15) is 48.4 Å². The Bertz CT molecular complexity index is 893.